The second-order valence-electron chi connectivity index (χ2n) is 10.8. The van der Waals surface area contributed by atoms with Crippen molar-refractivity contribution in [3.05, 3.63) is 59.7 Å². The summed E-state index contributed by atoms with van der Waals surface area (Å²) in [5.41, 5.74) is 3.47. The van der Waals surface area contributed by atoms with Gasteiger partial charge in [0.1, 0.15) is 6.61 Å². The SMILES string of the molecule is O=C(CC1(NC(=O)OCC2c3ccccc3-c3ccccc32)CCC1)N[C@@H]1C[C@H]2C[C@@]2(C(=O)O)C1. The molecule has 0 unspecified atom stereocenters. The lowest BCUT2D eigenvalue weighted by molar-refractivity contribution is -0.144. The number of fused-ring (bicyclic) bond motifs is 4. The highest BCUT2D eigenvalue weighted by atomic mass is 16.5. The predicted molar refractivity (Wildman–Crippen MR) is 129 cm³/mol. The molecular formula is C28H30N2O5. The zero-order chi connectivity index (χ0) is 24.2. The lowest BCUT2D eigenvalue weighted by atomic mass is 9.74. The molecule has 0 aromatic heterocycles. The maximum Gasteiger partial charge on any atom is 0.407 e. The molecule has 2 aromatic carbocycles. The molecule has 4 aliphatic carbocycles. The van der Waals surface area contributed by atoms with Crippen LogP contribution < -0.4 is 10.6 Å². The van der Waals surface area contributed by atoms with Gasteiger partial charge in [0.15, 0.2) is 0 Å². The van der Waals surface area contributed by atoms with Crippen molar-refractivity contribution in [1.29, 1.82) is 0 Å². The largest absolute Gasteiger partial charge is 0.481 e. The van der Waals surface area contributed by atoms with Gasteiger partial charge in [0.2, 0.25) is 5.91 Å². The lowest BCUT2D eigenvalue weighted by Crippen LogP contribution is -2.56. The molecule has 0 radical (unpaired) electrons. The van der Waals surface area contributed by atoms with Gasteiger partial charge in [0.25, 0.3) is 0 Å². The van der Waals surface area contributed by atoms with Gasteiger partial charge in [-0.05, 0) is 66.7 Å². The summed E-state index contributed by atoms with van der Waals surface area (Å²) in [4.78, 5) is 37.1. The molecule has 3 fully saturated rings. The first kappa shape index (κ1) is 22.1. The number of carboxylic acid groups (broad SMARTS) is 1. The van der Waals surface area contributed by atoms with E-state index >= 15 is 0 Å². The Kier molecular flexibility index (Phi) is 5.13. The zero-order valence-electron chi connectivity index (χ0n) is 19.6. The number of amides is 2. The quantitative estimate of drug-likeness (QED) is 0.558. The van der Waals surface area contributed by atoms with Gasteiger partial charge in [-0.1, -0.05) is 48.5 Å². The van der Waals surface area contributed by atoms with Gasteiger partial charge < -0.3 is 20.5 Å². The number of rotatable bonds is 7. The summed E-state index contributed by atoms with van der Waals surface area (Å²) in [6.45, 7) is 0.239. The summed E-state index contributed by atoms with van der Waals surface area (Å²) in [5, 5.41) is 15.5. The van der Waals surface area contributed by atoms with Crippen molar-refractivity contribution in [3.63, 3.8) is 0 Å². The van der Waals surface area contributed by atoms with E-state index in [1.807, 2.05) is 24.3 Å². The van der Waals surface area contributed by atoms with Crippen LogP contribution in [-0.4, -0.2) is 41.3 Å². The van der Waals surface area contributed by atoms with Gasteiger partial charge in [-0.3, -0.25) is 9.59 Å². The summed E-state index contributed by atoms with van der Waals surface area (Å²) in [5.74, 6) is -0.701. The lowest BCUT2D eigenvalue weighted by Gasteiger charge is -2.41. The highest BCUT2D eigenvalue weighted by Crippen LogP contribution is 2.63. The van der Waals surface area contributed by atoms with E-state index in [4.69, 9.17) is 4.74 Å². The number of carboxylic acids is 1. The molecule has 3 N–H and O–H groups in total. The topological polar surface area (TPSA) is 105 Å². The standard InChI is InChI=1S/C28H30N2O5/c31-24(29-18-12-17-13-28(17,14-18)25(32)33)15-27(10-5-11-27)30-26(34)35-16-23-21-8-3-1-6-19(21)20-7-2-4-9-22(20)23/h1-4,6-9,17-18,23H,5,10-16H2,(H,29,31)(H,30,34)(H,32,33)/t17-,18+,28+/m0/s1. The highest BCUT2D eigenvalue weighted by molar-refractivity contribution is 5.82. The Morgan fingerprint density at radius 2 is 1.63 bits per heavy atom. The fourth-order valence-corrected chi connectivity index (χ4v) is 6.65. The third-order valence-electron chi connectivity index (χ3n) is 8.72. The van der Waals surface area contributed by atoms with E-state index in [1.54, 1.807) is 0 Å². The molecular weight excluding hydrogens is 444 g/mol. The molecule has 7 nitrogen and oxygen atoms in total. The Bertz CT molecular complexity index is 1160. The van der Waals surface area contributed by atoms with Crippen molar-refractivity contribution < 1.29 is 24.2 Å². The van der Waals surface area contributed by atoms with Gasteiger partial charge in [0.05, 0.1) is 11.0 Å². The van der Waals surface area contributed by atoms with Crippen molar-refractivity contribution in [2.24, 2.45) is 11.3 Å². The molecule has 6 rings (SSSR count). The molecule has 4 aliphatic rings. The summed E-state index contributed by atoms with van der Waals surface area (Å²) in [6, 6.07) is 16.3. The van der Waals surface area contributed by atoms with Crippen molar-refractivity contribution in [1.82, 2.24) is 10.6 Å². The van der Waals surface area contributed by atoms with Crippen LogP contribution >= 0.6 is 0 Å². The summed E-state index contributed by atoms with van der Waals surface area (Å²) in [6.07, 6.45) is 4.07. The minimum Gasteiger partial charge on any atom is -0.481 e. The molecule has 0 aliphatic heterocycles. The number of carbonyl (C=O) groups excluding carboxylic acids is 2. The maximum atomic E-state index is 12.8. The second-order valence-corrected chi connectivity index (χ2v) is 10.8. The fourth-order valence-electron chi connectivity index (χ4n) is 6.65. The van der Waals surface area contributed by atoms with Crippen LogP contribution in [0.25, 0.3) is 11.1 Å². The molecule has 3 atom stereocenters. The van der Waals surface area contributed by atoms with Crippen molar-refractivity contribution in [3.8, 4) is 11.1 Å². The molecule has 182 valence electrons. The first-order valence-corrected chi connectivity index (χ1v) is 12.6. The van der Waals surface area contributed by atoms with E-state index in [2.05, 4.69) is 34.9 Å². The van der Waals surface area contributed by atoms with Gasteiger partial charge in [-0.2, -0.15) is 0 Å². The molecule has 0 spiro atoms. The maximum absolute atomic E-state index is 12.8. The van der Waals surface area contributed by atoms with E-state index in [-0.39, 0.29) is 36.8 Å². The molecule has 0 saturated heterocycles. The Labute approximate surface area is 204 Å². The van der Waals surface area contributed by atoms with Gasteiger partial charge >= 0.3 is 12.1 Å². The smallest absolute Gasteiger partial charge is 0.407 e. The molecule has 0 bridgehead atoms. The Morgan fingerprint density at radius 3 is 2.20 bits per heavy atom. The number of hydrogen-bond acceptors (Lipinski definition) is 4. The summed E-state index contributed by atoms with van der Waals surface area (Å²) < 4.78 is 5.70. The molecule has 2 amide bonds. The molecule has 2 aromatic rings. The third kappa shape index (κ3) is 3.77. The van der Waals surface area contributed by atoms with Gasteiger partial charge in [0, 0.05) is 18.4 Å². The van der Waals surface area contributed by atoms with Crippen molar-refractivity contribution >= 4 is 18.0 Å². The van der Waals surface area contributed by atoms with Crippen LogP contribution in [0.5, 0.6) is 0 Å². The van der Waals surface area contributed by atoms with Crippen LogP contribution in [-0.2, 0) is 14.3 Å². The first-order chi connectivity index (χ1) is 16.9. The summed E-state index contributed by atoms with van der Waals surface area (Å²) >= 11 is 0. The number of hydrogen-bond donors (Lipinski definition) is 3. The minimum absolute atomic E-state index is 0.0100. The number of aliphatic carboxylic acids is 1. The van der Waals surface area contributed by atoms with Crippen LogP contribution in [0.4, 0.5) is 4.79 Å². The number of carbonyl (C=O) groups is 3. The van der Waals surface area contributed by atoms with E-state index < -0.39 is 23.0 Å². The van der Waals surface area contributed by atoms with E-state index in [9.17, 15) is 19.5 Å². The van der Waals surface area contributed by atoms with Crippen LogP contribution in [0.1, 0.15) is 62.0 Å². The Morgan fingerprint density at radius 1 is 0.971 bits per heavy atom. The Hall–Kier alpha value is -3.35. The Balaban J connectivity index is 1.05. The van der Waals surface area contributed by atoms with Crippen LogP contribution in [0.2, 0.25) is 0 Å². The number of ether oxygens (including phenoxy) is 1. The predicted octanol–water partition coefficient (Wildman–Crippen LogP) is 4.21. The molecule has 0 heterocycles. The molecule has 3 saturated carbocycles. The second kappa shape index (κ2) is 8.11. The van der Waals surface area contributed by atoms with E-state index in [0.29, 0.717) is 6.42 Å². The summed E-state index contributed by atoms with van der Waals surface area (Å²) in [7, 11) is 0. The van der Waals surface area contributed by atoms with Crippen LogP contribution in [0, 0.1) is 11.3 Å². The number of nitrogens with one attached hydrogen (secondary N) is 2. The third-order valence-corrected chi connectivity index (χ3v) is 8.72. The normalized spacial score (nSPS) is 27.1. The fraction of sp³-hybridized carbons (Fsp3) is 0.464. The van der Waals surface area contributed by atoms with Gasteiger partial charge in [-0.25, -0.2) is 4.79 Å². The number of alkyl carbamates (subject to hydrolysis) is 1. The monoisotopic (exact) mass is 474 g/mol. The molecule has 7 heteroatoms. The van der Waals surface area contributed by atoms with E-state index in [1.165, 1.54) is 11.1 Å². The average Bonchev–Trinajstić information content (AvgIpc) is 3.25. The van der Waals surface area contributed by atoms with E-state index in [0.717, 1.165) is 43.2 Å². The number of benzene rings is 2. The average molecular weight is 475 g/mol. The van der Waals surface area contributed by atoms with Crippen LogP contribution in [0.15, 0.2) is 48.5 Å². The first-order valence-electron chi connectivity index (χ1n) is 12.6. The molecule has 35 heavy (non-hydrogen) atoms. The van der Waals surface area contributed by atoms with Gasteiger partial charge in [-0.15, -0.1) is 0 Å². The van der Waals surface area contributed by atoms with Crippen molar-refractivity contribution in [2.45, 2.75) is 62.4 Å². The van der Waals surface area contributed by atoms with Crippen LogP contribution in [0.3, 0.4) is 0 Å². The highest BCUT2D eigenvalue weighted by Gasteiger charge is 2.65. The minimum atomic E-state index is -0.744. The zero-order valence-corrected chi connectivity index (χ0v) is 19.6. The van der Waals surface area contributed by atoms with Crippen molar-refractivity contribution in [2.75, 3.05) is 6.61 Å².